The number of hydrogen-bond donors (Lipinski definition) is 0. The summed E-state index contributed by atoms with van der Waals surface area (Å²) in [5.74, 6) is 1.33. The van der Waals surface area contributed by atoms with Crippen LogP contribution in [0.1, 0.15) is 13.3 Å². The highest BCUT2D eigenvalue weighted by Crippen LogP contribution is 2.30. The SMILES string of the molecule is CC1CN(c2ncc(Br)cc2Cl)CCC1Cl. The van der Waals surface area contributed by atoms with E-state index in [2.05, 4.69) is 32.7 Å². The molecule has 0 bridgehead atoms. The van der Waals surface area contributed by atoms with Crippen molar-refractivity contribution in [2.24, 2.45) is 5.92 Å². The molecule has 1 aromatic heterocycles. The first kappa shape index (κ1) is 12.5. The molecular weight excluding hydrogens is 311 g/mol. The number of alkyl halides is 1. The van der Waals surface area contributed by atoms with E-state index in [9.17, 15) is 0 Å². The van der Waals surface area contributed by atoms with Crippen LogP contribution in [0.3, 0.4) is 0 Å². The molecule has 2 atom stereocenters. The summed E-state index contributed by atoms with van der Waals surface area (Å²) in [6, 6.07) is 1.88. The van der Waals surface area contributed by atoms with Gasteiger partial charge >= 0.3 is 0 Å². The molecule has 0 aliphatic carbocycles. The van der Waals surface area contributed by atoms with Crippen LogP contribution >= 0.6 is 39.1 Å². The largest absolute Gasteiger partial charge is 0.355 e. The fourth-order valence-corrected chi connectivity index (χ4v) is 2.88. The maximum atomic E-state index is 6.20. The zero-order chi connectivity index (χ0) is 11.7. The van der Waals surface area contributed by atoms with Crippen molar-refractivity contribution in [1.29, 1.82) is 0 Å². The zero-order valence-corrected chi connectivity index (χ0v) is 12.1. The molecule has 2 rings (SSSR count). The summed E-state index contributed by atoms with van der Waals surface area (Å²) in [7, 11) is 0. The molecule has 5 heteroatoms. The number of aromatic nitrogens is 1. The van der Waals surface area contributed by atoms with E-state index in [1.165, 1.54) is 0 Å². The molecule has 88 valence electrons. The number of halogens is 3. The average molecular weight is 324 g/mol. The molecule has 0 amide bonds. The standard InChI is InChI=1S/C11H13BrCl2N2/c1-7-6-16(3-2-9(7)13)11-10(14)4-8(12)5-15-11/h4-5,7,9H,2-3,6H2,1H3. The fraction of sp³-hybridized carbons (Fsp3) is 0.545. The van der Waals surface area contributed by atoms with Gasteiger partial charge in [0, 0.05) is 29.1 Å². The van der Waals surface area contributed by atoms with Gasteiger partial charge in [-0.05, 0) is 34.3 Å². The van der Waals surface area contributed by atoms with E-state index in [0.29, 0.717) is 10.9 Å². The highest BCUT2D eigenvalue weighted by Gasteiger charge is 2.26. The second-order valence-corrected chi connectivity index (χ2v) is 6.07. The molecule has 0 radical (unpaired) electrons. The van der Waals surface area contributed by atoms with Crippen LogP contribution in [0.15, 0.2) is 16.7 Å². The van der Waals surface area contributed by atoms with Crippen molar-refractivity contribution in [3.05, 3.63) is 21.8 Å². The van der Waals surface area contributed by atoms with Crippen molar-refractivity contribution >= 4 is 44.9 Å². The Kier molecular flexibility index (Phi) is 3.98. The third kappa shape index (κ3) is 2.63. The highest BCUT2D eigenvalue weighted by atomic mass is 79.9. The Morgan fingerprint density at radius 3 is 2.94 bits per heavy atom. The molecule has 0 saturated carbocycles. The molecule has 0 spiro atoms. The van der Waals surface area contributed by atoms with Gasteiger partial charge in [0.25, 0.3) is 0 Å². The van der Waals surface area contributed by atoms with E-state index in [1.807, 2.05) is 6.07 Å². The normalized spacial score (nSPS) is 25.9. The number of nitrogens with zero attached hydrogens (tertiary/aromatic N) is 2. The molecule has 1 aliphatic rings. The van der Waals surface area contributed by atoms with Gasteiger partial charge < -0.3 is 4.90 Å². The summed E-state index contributed by atoms with van der Waals surface area (Å²) >= 11 is 15.7. The second-order valence-electron chi connectivity index (χ2n) is 4.19. The molecular formula is C11H13BrCl2N2. The number of pyridine rings is 1. The van der Waals surface area contributed by atoms with Gasteiger partial charge in [-0.2, -0.15) is 0 Å². The number of hydrogen-bond acceptors (Lipinski definition) is 2. The second kappa shape index (κ2) is 5.11. The van der Waals surface area contributed by atoms with Crippen molar-refractivity contribution < 1.29 is 0 Å². The molecule has 2 nitrogen and oxygen atoms in total. The van der Waals surface area contributed by atoms with Crippen LogP contribution < -0.4 is 4.90 Å². The Bertz CT molecular complexity index is 386. The van der Waals surface area contributed by atoms with Gasteiger partial charge in [-0.1, -0.05) is 18.5 Å². The third-order valence-corrected chi connectivity index (χ3v) is 4.25. The number of piperidine rings is 1. The van der Waals surface area contributed by atoms with Crippen LogP contribution in [0.25, 0.3) is 0 Å². The molecule has 0 N–H and O–H groups in total. The maximum absolute atomic E-state index is 6.20. The molecule has 1 fully saturated rings. The summed E-state index contributed by atoms with van der Waals surface area (Å²) in [6.45, 7) is 4.01. The first-order valence-electron chi connectivity index (χ1n) is 5.28. The molecule has 0 aromatic carbocycles. The summed E-state index contributed by atoms with van der Waals surface area (Å²) in [5, 5.41) is 0.958. The average Bonchev–Trinajstić information content (AvgIpc) is 2.22. The van der Waals surface area contributed by atoms with Crippen LogP contribution in [-0.4, -0.2) is 23.5 Å². The molecule has 1 aromatic rings. The van der Waals surface area contributed by atoms with E-state index >= 15 is 0 Å². The predicted octanol–water partition coefficient (Wildman–Crippen LogP) is 3.95. The summed E-state index contributed by atoms with van der Waals surface area (Å²) < 4.78 is 0.904. The lowest BCUT2D eigenvalue weighted by molar-refractivity contribution is 0.452. The van der Waals surface area contributed by atoms with Gasteiger partial charge in [0.2, 0.25) is 0 Å². The van der Waals surface area contributed by atoms with Crippen LogP contribution in [0, 0.1) is 5.92 Å². The van der Waals surface area contributed by atoms with Crippen molar-refractivity contribution in [3.8, 4) is 0 Å². The summed E-state index contributed by atoms with van der Waals surface area (Å²) in [4.78, 5) is 6.57. The van der Waals surface area contributed by atoms with E-state index in [-0.39, 0.29) is 5.38 Å². The highest BCUT2D eigenvalue weighted by molar-refractivity contribution is 9.10. The van der Waals surface area contributed by atoms with Crippen LogP contribution in [0.5, 0.6) is 0 Å². The first-order valence-corrected chi connectivity index (χ1v) is 6.88. The van der Waals surface area contributed by atoms with E-state index in [1.54, 1.807) is 6.20 Å². The van der Waals surface area contributed by atoms with Crippen molar-refractivity contribution in [3.63, 3.8) is 0 Å². The van der Waals surface area contributed by atoms with Crippen LogP contribution in [0.4, 0.5) is 5.82 Å². The van der Waals surface area contributed by atoms with Gasteiger partial charge in [0.15, 0.2) is 0 Å². The Labute approximate surface area is 114 Å². The third-order valence-electron chi connectivity index (χ3n) is 2.89. The molecule has 1 aliphatic heterocycles. The lowest BCUT2D eigenvalue weighted by Gasteiger charge is -2.35. The van der Waals surface area contributed by atoms with Gasteiger partial charge in [0.1, 0.15) is 5.82 Å². The molecule has 16 heavy (non-hydrogen) atoms. The number of anilines is 1. The van der Waals surface area contributed by atoms with Crippen molar-refractivity contribution in [1.82, 2.24) is 4.98 Å². The van der Waals surface area contributed by atoms with Crippen molar-refractivity contribution in [2.75, 3.05) is 18.0 Å². The smallest absolute Gasteiger partial charge is 0.147 e. The van der Waals surface area contributed by atoms with E-state index in [4.69, 9.17) is 23.2 Å². The Balaban J connectivity index is 2.18. The summed E-state index contributed by atoms with van der Waals surface area (Å²) in [6.07, 6.45) is 2.76. The van der Waals surface area contributed by atoms with Crippen LogP contribution in [0.2, 0.25) is 5.02 Å². The first-order chi connectivity index (χ1) is 7.58. The lowest BCUT2D eigenvalue weighted by Crippen LogP contribution is -2.40. The lowest BCUT2D eigenvalue weighted by atomic mass is 10.00. The maximum Gasteiger partial charge on any atom is 0.147 e. The fourth-order valence-electron chi connectivity index (χ4n) is 1.95. The van der Waals surface area contributed by atoms with E-state index in [0.717, 1.165) is 29.8 Å². The minimum absolute atomic E-state index is 0.269. The monoisotopic (exact) mass is 322 g/mol. The Morgan fingerprint density at radius 2 is 2.31 bits per heavy atom. The van der Waals surface area contributed by atoms with Crippen molar-refractivity contribution in [2.45, 2.75) is 18.7 Å². The Morgan fingerprint density at radius 1 is 1.56 bits per heavy atom. The molecule has 2 heterocycles. The minimum Gasteiger partial charge on any atom is -0.355 e. The topological polar surface area (TPSA) is 16.1 Å². The van der Waals surface area contributed by atoms with E-state index < -0.39 is 0 Å². The minimum atomic E-state index is 0.269. The number of rotatable bonds is 1. The van der Waals surface area contributed by atoms with Gasteiger partial charge in [-0.25, -0.2) is 4.98 Å². The zero-order valence-electron chi connectivity index (χ0n) is 8.96. The van der Waals surface area contributed by atoms with Gasteiger partial charge in [0.05, 0.1) is 5.02 Å². The Hall–Kier alpha value is 0.01000. The quantitative estimate of drug-likeness (QED) is 0.727. The van der Waals surface area contributed by atoms with Crippen LogP contribution in [-0.2, 0) is 0 Å². The molecule has 2 unspecified atom stereocenters. The van der Waals surface area contributed by atoms with Gasteiger partial charge in [-0.3, -0.25) is 0 Å². The summed E-state index contributed by atoms with van der Waals surface area (Å²) in [5.41, 5.74) is 0. The molecule has 1 saturated heterocycles. The predicted molar refractivity (Wildman–Crippen MR) is 72.6 cm³/mol. The van der Waals surface area contributed by atoms with Gasteiger partial charge in [-0.15, -0.1) is 11.6 Å².